The lowest BCUT2D eigenvalue weighted by atomic mass is 9.98. The molecule has 1 aromatic carbocycles. The van der Waals surface area contributed by atoms with Crippen LogP contribution < -0.4 is 4.74 Å². The van der Waals surface area contributed by atoms with Gasteiger partial charge >= 0.3 is 18.1 Å². The largest absolute Gasteiger partial charge is 0.459 e. The van der Waals surface area contributed by atoms with E-state index < -0.39 is 35.0 Å². The Balaban J connectivity index is 2.65. The third kappa shape index (κ3) is 2.27. The smallest absolute Gasteiger partial charge is 0.450 e. The highest BCUT2D eigenvalue weighted by atomic mass is 19.4. The van der Waals surface area contributed by atoms with Crippen LogP contribution in [0.3, 0.4) is 0 Å². The Labute approximate surface area is 102 Å². The summed E-state index contributed by atoms with van der Waals surface area (Å²) < 4.78 is 80.3. The number of allylic oxidation sites excluding steroid dienone is 1. The van der Waals surface area contributed by atoms with Crippen LogP contribution in [0.4, 0.5) is 26.3 Å². The van der Waals surface area contributed by atoms with E-state index in [2.05, 4.69) is 4.74 Å². The van der Waals surface area contributed by atoms with Crippen molar-refractivity contribution in [2.75, 3.05) is 0 Å². The number of alkyl halides is 6. The molecule has 19 heavy (non-hydrogen) atoms. The summed E-state index contributed by atoms with van der Waals surface area (Å²) in [5, 5.41) is 9.26. The Morgan fingerprint density at radius 2 is 1.58 bits per heavy atom. The maximum absolute atomic E-state index is 12.7. The molecule has 0 aliphatic carbocycles. The highest BCUT2D eigenvalue weighted by Gasteiger charge is 2.59. The van der Waals surface area contributed by atoms with E-state index in [1.54, 1.807) is 0 Å². The van der Waals surface area contributed by atoms with Crippen LogP contribution in [0.1, 0.15) is 5.56 Å². The van der Waals surface area contributed by atoms with Gasteiger partial charge in [-0.15, -0.1) is 0 Å². The van der Waals surface area contributed by atoms with Gasteiger partial charge in [0.2, 0.25) is 0 Å². The first kappa shape index (κ1) is 13.7. The van der Waals surface area contributed by atoms with E-state index in [-0.39, 0.29) is 6.08 Å². The van der Waals surface area contributed by atoms with Crippen LogP contribution in [0.15, 0.2) is 30.3 Å². The Hall–Kier alpha value is -1.70. The Morgan fingerprint density at radius 1 is 1.00 bits per heavy atom. The number of rotatable bonds is 0. The molecular weight excluding hydrogens is 278 g/mol. The quantitative estimate of drug-likeness (QED) is 0.741. The molecule has 0 aromatic heterocycles. The van der Waals surface area contributed by atoms with Crippen molar-refractivity contribution in [2.24, 2.45) is 0 Å². The van der Waals surface area contributed by atoms with Gasteiger partial charge in [0, 0.05) is 11.6 Å². The van der Waals surface area contributed by atoms with Crippen molar-refractivity contribution in [3.8, 4) is 5.75 Å². The third-order valence-corrected chi connectivity index (χ3v) is 2.49. The molecular formula is C11H6F6O2. The molecule has 1 aliphatic rings. The van der Waals surface area contributed by atoms with Gasteiger partial charge in [0.15, 0.2) is 0 Å². The van der Waals surface area contributed by atoms with Crippen molar-refractivity contribution >= 4 is 5.57 Å². The summed E-state index contributed by atoms with van der Waals surface area (Å²) in [5.74, 6) is -4.68. The summed E-state index contributed by atoms with van der Waals surface area (Å²) >= 11 is 0. The molecule has 0 fully saturated rings. The van der Waals surface area contributed by atoms with Gasteiger partial charge in [-0.05, 0) is 6.07 Å². The molecule has 1 aromatic rings. The predicted octanol–water partition coefficient (Wildman–Crippen LogP) is 3.28. The van der Waals surface area contributed by atoms with Gasteiger partial charge in [0.1, 0.15) is 5.75 Å². The fourth-order valence-electron chi connectivity index (χ4n) is 1.62. The second-order valence-corrected chi connectivity index (χ2v) is 3.85. The minimum absolute atomic E-state index is 0.366. The lowest BCUT2D eigenvalue weighted by molar-refractivity contribution is -0.312. The molecule has 1 atom stereocenters. The molecule has 0 amide bonds. The molecule has 1 unspecified atom stereocenters. The molecule has 1 aliphatic heterocycles. The van der Waals surface area contributed by atoms with Crippen molar-refractivity contribution < 1.29 is 36.2 Å². The maximum Gasteiger partial charge on any atom is 0.459 e. The van der Waals surface area contributed by atoms with Crippen molar-refractivity contribution in [1.82, 2.24) is 0 Å². The van der Waals surface area contributed by atoms with Crippen LogP contribution in [0.2, 0.25) is 0 Å². The molecule has 0 saturated heterocycles. The van der Waals surface area contributed by atoms with Crippen LogP contribution in [0, 0.1) is 0 Å². The fraction of sp³-hybridized carbons (Fsp3) is 0.273. The lowest BCUT2D eigenvalue weighted by Crippen LogP contribution is -2.50. The van der Waals surface area contributed by atoms with Crippen LogP contribution in [0.5, 0.6) is 5.75 Å². The monoisotopic (exact) mass is 284 g/mol. The molecule has 8 heteroatoms. The highest BCUT2D eigenvalue weighted by Crippen LogP contribution is 2.47. The topological polar surface area (TPSA) is 29.5 Å². The van der Waals surface area contributed by atoms with Gasteiger partial charge in [-0.25, -0.2) is 0 Å². The molecule has 2 nitrogen and oxygen atoms in total. The number of hydrogen-bond acceptors (Lipinski definition) is 2. The Bertz CT molecular complexity index is 531. The first-order valence-corrected chi connectivity index (χ1v) is 4.92. The number of hydrogen-bond donors (Lipinski definition) is 1. The van der Waals surface area contributed by atoms with E-state index in [9.17, 15) is 31.4 Å². The van der Waals surface area contributed by atoms with E-state index in [1.807, 2.05) is 0 Å². The van der Waals surface area contributed by atoms with Crippen molar-refractivity contribution in [3.63, 3.8) is 0 Å². The maximum atomic E-state index is 12.7. The lowest BCUT2D eigenvalue weighted by Gasteiger charge is -2.33. The van der Waals surface area contributed by atoms with Gasteiger partial charge in [0.05, 0.1) is 5.57 Å². The second-order valence-electron chi connectivity index (χ2n) is 3.85. The summed E-state index contributed by atoms with van der Waals surface area (Å²) in [7, 11) is 0. The predicted molar refractivity (Wildman–Crippen MR) is 52.1 cm³/mol. The Kier molecular flexibility index (Phi) is 2.81. The zero-order valence-corrected chi connectivity index (χ0v) is 9.01. The molecule has 1 N–H and O–H groups in total. The summed E-state index contributed by atoms with van der Waals surface area (Å²) in [4.78, 5) is 0. The van der Waals surface area contributed by atoms with E-state index >= 15 is 0 Å². The third-order valence-electron chi connectivity index (χ3n) is 2.49. The van der Waals surface area contributed by atoms with E-state index in [0.717, 1.165) is 12.1 Å². The molecule has 2 rings (SSSR count). The molecule has 0 radical (unpaired) electrons. The SMILES string of the molecule is OC1(C(F)(F)F)C=C(C(F)(F)F)c2ccccc2O1. The van der Waals surface area contributed by atoms with Crippen LogP contribution >= 0.6 is 0 Å². The zero-order chi connectivity index (χ0) is 14.5. The number of aliphatic hydroxyl groups is 1. The molecule has 0 spiro atoms. The molecule has 0 bridgehead atoms. The van der Waals surface area contributed by atoms with Gasteiger partial charge in [-0.2, -0.15) is 26.3 Å². The van der Waals surface area contributed by atoms with E-state index in [0.29, 0.717) is 0 Å². The minimum atomic E-state index is -5.39. The second kappa shape index (κ2) is 3.89. The number of fused-ring (bicyclic) bond motifs is 1. The molecule has 1 heterocycles. The van der Waals surface area contributed by atoms with Crippen LogP contribution in [0.25, 0.3) is 5.57 Å². The highest BCUT2D eigenvalue weighted by molar-refractivity contribution is 5.76. The standard InChI is InChI=1S/C11H6F6O2/c12-10(13,14)7-5-9(18,11(15,16)17)19-8-4-2-1-3-6(7)8/h1-5,18H. The average molecular weight is 284 g/mol. The minimum Gasteiger partial charge on any atom is -0.450 e. The number of ether oxygens (including phenoxy) is 1. The molecule has 104 valence electrons. The summed E-state index contributed by atoms with van der Waals surface area (Å²) in [5.41, 5.74) is -2.14. The zero-order valence-electron chi connectivity index (χ0n) is 9.01. The number of para-hydroxylation sites is 1. The number of benzene rings is 1. The first-order valence-electron chi connectivity index (χ1n) is 4.92. The fourth-order valence-corrected chi connectivity index (χ4v) is 1.62. The van der Waals surface area contributed by atoms with E-state index in [1.165, 1.54) is 12.1 Å². The van der Waals surface area contributed by atoms with Crippen molar-refractivity contribution in [1.29, 1.82) is 0 Å². The van der Waals surface area contributed by atoms with Crippen molar-refractivity contribution in [3.05, 3.63) is 35.9 Å². The van der Waals surface area contributed by atoms with Crippen LogP contribution in [-0.4, -0.2) is 23.2 Å². The van der Waals surface area contributed by atoms with Crippen molar-refractivity contribution in [2.45, 2.75) is 18.1 Å². The summed E-state index contributed by atoms with van der Waals surface area (Å²) in [6.07, 6.45) is -10.8. The van der Waals surface area contributed by atoms with E-state index in [4.69, 9.17) is 0 Å². The Morgan fingerprint density at radius 3 is 2.11 bits per heavy atom. The summed E-state index contributed by atoms with van der Waals surface area (Å²) in [6.45, 7) is 0. The number of halogens is 6. The average Bonchev–Trinajstić information content (AvgIpc) is 2.25. The van der Waals surface area contributed by atoms with Gasteiger partial charge in [-0.1, -0.05) is 18.2 Å². The van der Waals surface area contributed by atoms with Gasteiger partial charge < -0.3 is 9.84 Å². The first-order chi connectivity index (χ1) is 8.55. The van der Waals surface area contributed by atoms with Crippen LogP contribution in [-0.2, 0) is 0 Å². The molecule has 0 saturated carbocycles. The van der Waals surface area contributed by atoms with Gasteiger partial charge in [0.25, 0.3) is 0 Å². The van der Waals surface area contributed by atoms with Gasteiger partial charge in [-0.3, -0.25) is 0 Å². The normalized spacial score (nSPS) is 23.4. The summed E-state index contributed by atoms with van der Waals surface area (Å²) in [6, 6.07) is 4.31.